The Balaban J connectivity index is 1.57. The molecule has 4 N–H and O–H groups in total. The van der Waals surface area contributed by atoms with Gasteiger partial charge in [-0.3, -0.25) is 25.1 Å². The minimum absolute atomic E-state index is 0.153. The Morgan fingerprint density at radius 3 is 2.59 bits per heavy atom. The molecule has 4 amide bonds. The number of nitrogens with zero attached hydrogens (tertiary/aromatic N) is 2. The van der Waals surface area contributed by atoms with Crippen LogP contribution in [0.3, 0.4) is 0 Å². The molecule has 0 unspecified atom stereocenters. The van der Waals surface area contributed by atoms with Crippen molar-refractivity contribution in [3.63, 3.8) is 0 Å². The number of carbonyl (C=O) groups excluding carboxylic acids is 4. The van der Waals surface area contributed by atoms with Crippen LogP contribution in [-0.4, -0.2) is 45.9 Å². The Bertz CT molecular complexity index is 894. The average molecular weight is 405 g/mol. The highest BCUT2D eigenvalue weighted by Crippen LogP contribution is 2.33. The number of benzene rings is 1. The SMILES string of the molecule is Nc1cc([N+](=O)[O-])ccc1C(=O)OCC(=O)NN1C(=O)NC2(CCCCC2)C1=O. The molecule has 3 rings (SSSR count). The van der Waals surface area contributed by atoms with Gasteiger partial charge in [0, 0.05) is 12.1 Å². The van der Waals surface area contributed by atoms with E-state index in [2.05, 4.69) is 10.7 Å². The van der Waals surface area contributed by atoms with Crippen molar-refractivity contribution in [2.45, 2.75) is 37.6 Å². The minimum Gasteiger partial charge on any atom is -0.452 e. The van der Waals surface area contributed by atoms with E-state index in [1.165, 1.54) is 0 Å². The number of hydrazine groups is 1. The lowest BCUT2D eigenvalue weighted by atomic mass is 9.82. The van der Waals surface area contributed by atoms with E-state index < -0.39 is 40.9 Å². The van der Waals surface area contributed by atoms with Gasteiger partial charge >= 0.3 is 12.0 Å². The molecule has 1 heterocycles. The maximum atomic E-state index is 12.6. The Morgan fingerprint density at radius 1 is 1.28 bits per heavy atom. The maximum absolute atomic E-state index is 12.6. The second-order valence-corrected chi connectivity index (χ2v) is 6.85. The van der Waals surface area contributed by atoms with Gasteiger partial charge in [-0.05, 0) is 18.9 Å². The van der Waals surface area contributed by atoms with E-state index in [0.717, 1.165) is 37.5 Å². The molecule has 1 saturated carbocycles. The molecule has 1 aromatic carbocycles. The molecule has 1 aliphatic heterocycles. The molecule has 1 aromatic rings. The number of urea groups is 1. The van der Waals surface area contributed by atoms with E-state index in [1.54, 1.807) is 0 Å². The van der Waals surface area contributed by atoms with Gasteiger partial charge in [-0.2, -0.15) is 5.01 Å². The quantitative estimate of drug-likeness (QED) is 0.210. The van der Waals surface area contributed by atoms with Crippen LogP contribution in [0.2, 0.25) is 0 Å². The lowest BCUT2D eigenvalue weighted by molar-refractivity contribution is -0.384. The topological polar surface area (TPSA) is 174 Å². The molecule has 12 nitrogen and oxygen atoms in total. The smallest absolute Gasteiger partial charge is 0.344 e. The van der Waals surface area contributed by atoms with Crippen LogP contribution in [0.15, 0.2) is 18.2 Å². The zero-order chi connectivity index (χ0) is 21.2. The van der Waals surface area contributed by atoms with Gasteiger partial charge < -0.3 is 15.8 Å². The molecule has 0 bridgehead atoms. The van der Waals surface area contributed by atoms with E-state index in [4.69, 9.17) is 10.5 Å². The second kappa shape index (κ2) is 7.73. The molecule has 12 heteroatoms. The predicted octanol–water partition coefficient (Wildman–Crippen LogP) is 0.620. The van der Waals surface area contributed by atoms with Gasteiger partial charge in [0.15, 0.2) is 6.61 Å². The van der Waals surface area contributed by atoms with Crippen LogP contribution in [0.1, 0.15) is 42.5 Å². The number of nitrogens with two attached hydrogens (primary N) is 1. The molecule has 29 heavy (non-hydrogen) atoms. The highest BCUT2D eigenvalue weighted by molar-refractivity contribution is 6.08. The monoisotopic (exact) mass is 405 g/mol. The van der Waals surface area contributed by atoms with Crippen molar-refractivity contribution in [3.05, 3.63) is 33.9 Å². The fourth-order valence-corrected chi connectivity index (χ4v) is 3.43. The summed E-state index contributed by atoms with van der Waals surface area (Å²) < 4.78 is 4.82. The number of nitrogen functional groups attached to an aromatic ring is 1. The number of nitro groups is 1. The average Bonchev–Trinajstić information content (AvgIpc) is 2.90. The predicted molar refractivity (Wildman–Crippen MR) is 97.1 cm³/mol. The van der Waals surface area contributed by atoms with E-state index in [1.807, 2.05) is 0 Å². The summed E-state index contributed by atoms with van der Waals surface area (Å²) in [5.74, 6) is -2.41. The molecule has 1 spiro atoms. The number of carbonyl (C=O) groups is 4. The van der Waals surface area contributed by atoms with Gasteiger partial charge in [0.25, 0.3) is 17.5 Å². The van der Waals surface area contributed by atoms with Crippen LogP contribution in [0, 0.1) is 10.1 Å². The first-order valence-corrected chi connectivity index (χ1v) is 8.91. The van der Waals surface area contributed by atoms with Gasteiger partial charge in [-0.1, -0.05) is 19.3 Å². The number of rotatable bonds is 5. The fraction of sp³-hybridized carbons (Fsp3) is 0.412. The molecular formula is C17H19N5O7. The summed E-state index contributed by atoms with van der Waals surface area (Å²) in [6.45, 7) is -0.778. The summed E-state index contributed by atoms with van der Waals surface area (Å²) in [5, 5.41) is 13.9. The summed E-state index contributed by atoms with van der Waals surface area (Å²) in [6.07, 6.45) is 3.56. The van der Waals surface area contributed by atoms with Crippen LogP contribution in [-0.2, 0) is 14.3 Å². The fourth-order valence-electron chi connectivity index (χ4n) is 3.43. The number of esters is 1. The van der Waals surface area contributed by atoms with Crippen molar-refractivity contribution in [1.82, 2.24) is 15.8 Å². The molecule has 0 aromatic heterocycles. The third kappa shape index (κ3) is 3.95. The number of hydrogen-bond acceptors (Lipinski definition) is 8. The van der Waals surface area contributed by atoms with Gasteiger partial charge in [0.2, 0.25) is 0 Å². The molecule has 0 atom stereocenters. The number of anilines is 1. The van der Waals surface area contributed by atoms with Crippen molar-refractivity contribution >= 4 is 35.2 Å². The Labute approximate surface area is 164 Å². The number of ether oxygens (including phenoxy) is 1. The first-order valence-electron chi connectivity index (χ1n) is 8.91. The Kier molecular flexibility index (Phi) is 5.35. The lowest BCUT2D eigenvalue weighted by Gasteiger charge is -2.30. The molecule has 1 aliphatic carbocycles. The zero-order valence-corrected chi connectivity index (χ0v) is 15.3. The van der Waals surface area contributed by atoms with E-state index in [9.17, 15) is 29.3 Å². The van der Waals surface area contributed by atoms with Crippen molar-refractivity contribution in [1.29, 1.82) is 0 Å². The van der Waals surface area contributed by atoms with Crippen LogP contribution in [0.25, 0.3) is 0 Å². The number of imide groups is 1. The van der Waals surface area contributed by atoms with Gasteiger partial charge in [-0.15, -0.1) is 0 Å². The second-order valence-electron chi connectivity index (χ2n) is 6.85. The highest BCUT2D eigenvalue weighted by atomic mass is 16.6. The third-order valence-corrected chi connectivity index (χ3v) is 4.91. The maximum Gasteiger partial charge on any atom is 0.344 e. The van der Waals surface area contributed by atoms with Crippen LogP contribution >= 0.6 is 0 Å². The first kappa shape index (κ1) is 20.0. The van der Waals surface area contributed by atoms with E-state index in [0.29, 0.717) is 17.9 Å². The van der Waals surface area contributed by atoms with Gasteiger partial charge in [-0.25, -0.2) is 9.59 Å². The molecule has 2 fully saturated rings. The number of nitro benzene ring substituents is 1. The van der Waals surface area contributed by atoms with Gasteiger partial charge in [0.05, 0.1) is 16.2 Å². The van der Waals surface area contributed by atoms with E-state index >= 15 is 0 Å². The largest absolute Gasteiger partial charge is 0.452 e. The molecule has 154 valence electrons. The van der Waals surface area contributed by atoms with Crippen molar-refractivity contribution < 1.29 is 28.8 Å². The summed E-state index contributed by atoms with van der Waals surface area (Å²) in [5.41, 5.74) is 6.10. The Morgan fingerprint density at radius 2 is 1.97 bits per heavy atom. The molecule has 2 aliphatic rings. The summed E-state index contributed by atoms with van der Waals surface area (Å²) in [7, 11) is 0. The molecule has 0 radical (unpaired) electrons. The van der Waals surface area contributed by atoms with Crippen LogP contribution < -0.4 is 16.5 Å². The van der Waals surface area contributed by atoms with Crippen LogP contribution in [0.4, 0.5) is 16.2 Å². The molecule has 1 saturated heterocycles. The number of amides is 4. The van der Waals surface area contributed by atoms with E-state index in [-0.39, 0.29) is 16.9 Å². The first-order chi connectivity index (χ1) is 13.7. The summed E-state index contributed by atoms with van der Waals surface area (Å²) in [6, 6.07) is 2.44. The third-order valence-electron chi connectivity index (χ3n) is 4.91. The lowest BCUT2D eigenvalue weighted by Crippen LogP contribution is -2.51. The minimum atomic E-state index is -0.994. The summed E-state index contributed by atoms with van der Waals surface area (Å²) in [4.78, 5) is 58.8. The van der Waals surface area contributed by atoms with Crippen LogP contribution in [0.5, 0.6) is 0 Å². The van der Waals surface area contributed by atoms with Gasteiger partial charge in [0.1, 0.15) is 5.54 Å². The van der Waals surface area contributed by atoms with Crippen molar-refractivity contribution in [2.24, 2.45) is 0 Å². The summed E-state index contributed by atoms with van der Waals surface area (Å²) >= 11 is 0. The highest BCUT2D eigenvalue weighted by Gasteiger charge is 2.52. The Hall–Kier alpha value is -3.70. The number of non-ortho nitro benzene ring substituents is 1. The number of hydrogen-bond donors (Lipinski definition) is 3. The molecular weight excluding hydrogens is 386 g/mol. The van der Waals surface area contributed by atoms with Crippen molar-refractivity contribution in [3.8, 4) is 0 Å². The standard InChI is InChI=1S/C17H19N5O7/c18-12-8-10(22(27)28)4-5-11(12)14(24)29-9-13(23)20-21-15(25)17(19-16(21)26)6-2-1-3-7-17/h4-5,8H,1-3,6-7,9,18H2,(H,19,26)(H,20,23). The number of nitrogens with one attached hydrogen (secondary N) is 2. The zero-order valence-electron chi connectivity index (χ0n) is 15.3. The van der Waals surface area contributed by atoms with Crippen molar-refractivity contribution in [2.75, 3.05) is 12.3 Å². The normalized spacial score (nSPS) is 17.7.